The van der Waals surface area contributed by atoms with Gasteiger partial charge in [0.1, 0.15) is 12.4 Å². The molecule has 0 bridgehead atoms. The van der Waals surface area contributed by atoms with Crippen molar-refractivity contribution in [2.75, 3.05) is 38.5 Å². The van der Waals surface area contributed by atoms with Gasteiger partial charge in [0.05, 0.1) is 11.8 Å². The number of aromatic nitrogens is 1. The molecule has 0 N–H and O–H groups in total. The van der Waals surface area contributed by atoms with Crippen LogP contribution >= 0.6 is 11.8 Å². The molecule has 24 heavy (non-hydrogen) atoms. The second-order valence-electron chi connectivity index (χ2n) is 7.29. The highest BCUT2D eigenvalue weighted by atomic mass is 32.2. The molecule has 1 atom stereocenters. The average Bonchev–Trinajstić information content (AvgIpc) is 3.25. The summed E-state index contributed by atoms with van der Waals surface area (Å²) >= 11 is 2.01. The van der Waals surface area contributed by atoms with Crippen LogP contribution in [0.15, 0.2) is 10.6 Å². The molecule has 0 radical (unpaired) electrons. The fraction of sp³-hybridized carbons (Fsp3) is 0.765. The number of carbonyl (C=O) groups is 1. The van der Waals surface area contributed by atoms with E-state index in [0.29, 0.717) is 4.75 Å². The van der Waals surface area contributed by atoms with Gasteiger partial charge in [0.2, 0.25) is 5.91 Å². The minimum atomic E-state index is 0.162. The van der Waals surface area contributed by atoms with Gasteiger partial charge in [0.15, 0.2) is 0 Å². The summed E-state index contributed by atoms with van der Waals surface area (Å²) in [5, 5.41) is 4.06. The van der Waals surface area contributed by atoms with Gasteiger partial charge in [-0.15, -0.1) is 11.8 Å². The van der Waals surface area contributed by atoms with E-state index < -0.39 is 0 Å². The topological polar surface area (TPSA) is 58.8 Å². The summed E-state index contributed by atoms with van der Waals surface area (Å²) in [6.45, 7) is 6.99. The van der Waals surface area contributed by atoms with Crippen molar-refractivity contribution in [3.8, 4) is 0 Å². The van der Waals surface area contributed by atoms with Crippen molar-refractivity contribution >= 4 is 17.7 Å². The quantitative estimate of drug-likeness (QED) is 0.804. The monoisotopic (exact) mass is 351 g/mol. The zero-order valence-corrected chi connectivity index (χ0v) is 15.0. The number of rotatable bonds is 5. The highest BCUT2D eigenvalue weighted by Gasteiger charge is 2.49. The Kier molecular flexibility index (Phi) is 4.58. The Morgan fingerprint density at radius 1 is 1.46 bits per heavy atom. The van der Waals surface area contributed by atoms with Crippen LogP contribution in [0.2, 0.25) is 0 Å². The summed E-state index contributed by atoms with van der Waals surface area (Å²) in [6.07, 6.45) is 3.54. The van der Waals surface area contributed by atoms with Crippen LogP contribution in [0.5, 0.6) is 0 Å². The van der Waals surface area contributed by atoms with Crippen molar-refractivity contribution in [1.29, 1.82) is 0 Å². The number of hydrogen-bond donors (Lipinski definition) is 0. The minimum Gasteiger partial charge on any atom is -0.367 e. The standard InChI is InChI=1S/C17H25N3O3S/c1-13-6-14(18-23-13)8-19-11-17(12-19)7-15(10-24-17)22-9-16(21)20-4-2-3-5-20/h6,15H,2-5,7-12H2,1H3/t15-/m1/s1. The number of amides is 1. The maximum atomic E-state index is 12.1. The third-order valence-electron chi connectivity index (χ3n) is 5.16. The van der Waals surface area contributed by atoms with E-state index in [1.165, 1.54) is 0 Å². The molecule has 1 aromatic heterocycles. The van der Waals surface area contributed by atoms with Crippen LogP contribution in [0.4, 0.5) is 0 Å². The lowest BCUT2D eigenvalue weighted by Gasteiger charge is -2.47. The molecular formula is C17H25N3O3S. The molecule has 0 aliphatic carbocycles. The zero-order valence-electron chi connectivity index (χ0n) is 14.2. The summed E-state index contributed by atoms with van der Waals surface area (Å²) in [6, 6.07) is 2.00. The Labute approximate surface area is 146 Å². The zero-order chi connectivity index (χ0) is 16.6. The maximum Gasteiger partial charge on any atom is 0.248 e. The van der Waals surface area contributed by atoms with Crippen molar-refractivity contribution in [2.24, 2.45) is 0 Å². The number of aryl methyl sites for hydroxylation is 1. The molecular weight excluding hydrogens is 326 g/mol. The van der Waals surface area contributed by atoms with E-state index >= 15 is 0 Å². The lowest BCUT2D eigenvalue weighted by atomic mass is 9.93. The van der Waals surface area contributed by atoms with E-state index in [1.807, 2.05) is 29.7 Å². The Bertz CT molecular complexity index is 594. The van der Waals surface area contributed by atoms with Crippen LogP contribution in [0.1, 0.15) is 30.7 Å². The van der Waals surface area contributed by atoms with E-state index in [9.17, 15) is 4.79 Å². The summed E-state index contributed by atoms with van der Waals surface area (Å²) < 4.78 is 11.4. The smallest absolute Gasteiger partial charge is 0.248 e. The van der Waals surface area contributed by atoms with Crippen LogP contribution in [0.3, 0.4) is 0 Å². The van der Waals surface area contributed by atoms with Gasteiger partial charge < -0.3 is 14.2 Å². The fourth-order valence-electron chi connectivity index (χ4n) is 3.98. The highest BCUT2D eigenvalue weighted by molar-refractivity contribution is 8.01. The van der Waals surface area contributed by atoms with Gasteiger partial charge >= 0.3 is 0 Å². The lowest BCUT2D eigenvalue weighted by molar-refractivity contribution is -0.136. The first-order chi connectivity index (χ1) is 11.6. The summed E-state index contributed by atoms with van der Waals surface area (Å²) in [5.41, 5.74) is 1.01. The summed E-state index contributed by atoms with van der Waals surface area (Å²) in [7, 11) is 0. The first-order valence-corrected chi connectivity index (χ1v) is 9.78. The van der Waals surface area contributed by atoms with Crippen molar-refractivity contribution in [2.45, 2.75) is 43.6 Å². The van der Waals surface area contributed by atoms with Gasteiger partial charge in [-0.05, 0) is 26.2 Å². The minimum absolute atomic E-state index is 0.162. The molecule has 6 nitrogen and oxygen atoms in total. The molecule has 0 saturated carbocycles. The molecule has 1 spiro atoms. The van der Waals surface area contributed by atoms with Crippen molar-refractivity contribution in [3.05, 3.63) is 17.5 Å². The number of carbonyl (C=O) groups excluding carboxylic acids is 1. The first kappa shape index (κ1) is 16.4. The number of likely N-dealkylation sites (tertiary alicyclic amines) is 2. The average molecular weight is 351 g/mol. The molecule has 1 amide bonds. The number of nitrogens with zero attached hydrogens (tertiary/aromatic N) is 3. The van der Waals surface area contributed by atoms with Crippen LogP contribution in [0.25, 0.3) is 0 Å². The molecule has 0 unspecified atom stereocenters. The van der Waals surface area contributed by atoms with Gasteiger partial charge in [-0.1, -0.05) is 5.16 Å². The predicted molar refractivity (Wildman–Crippen MR) is 91.9 cm³/mol. The lowest BCUT2D eigenvalue weighted by Crippen LogP contribution is -2.58. The Morgan fingerprint density at radius 3 is 2.96 bits per heavy atom. The first-order valence-electron chi connectivity index (χ1n) is 8.80. The second-order valence-corrected chi connectivity index (χ2v) is 8.78. The molecule has 4 rings (SSSR count). The third kappa shape index (κ3) is 3.48. The molecule has 3 aliphatic heterocycles. The van der Waals surface area contributed by atoms with E-state index in [-0.39, 0.29) is 18.6 Å². The van der Waals surface area contributed by atoms with Crippen LogP contribution in [-0.4, -0.2) is 70.3 Å². The van der Waals surface area contributed by atoms with Gasteiger partial charge in [-0.3, -0.25) is 9.69 Å². The van der Waals surface area contributed by atoms with Gasteiger partial charge in [-0.25, -0.2) is 0 Å². The van der Waals surface area contributed by atoms with E-state index in [4.69, 9.17) is 9.26 Å². The van der Waals surface area contributed by atoms with Crippen LogP contribution < -0.4 is 0 Å². The normalized spacial score (nSPS) is 26.2. The molecule has 3 aliphatic rings. The van der Waals surface area contributed by atoms with Crippen molar-refractivity contribution < 1.29 is 14.1 Å². The van der Waals surface area contributed by atoms with Crippen LogP contribution in [-0.2, 0) is 16.1 Å². The molecule has 1 aromatic rings. The van der Waals surface area contributed by atoms with Gasteiger partial charge in [0, 0.05) is 49.3 Å². The number of hydrogen-bond acceptors (Lipinski definition) is 6. The number of ether oxygens (including phenoxy) is 1. The Morgan fingerprint density at radius 2 is 2.25 bits per heavy atom. The SMILES string of the molecule is Cc1cc(CN2CC3(C[C@@H](OCC(=O)N4CCCC4)CS3)C2)no1. The maximum absolute atomic E-state index is 12.1. The predicted octanol–water partition coefficient (Wildman–Crippen LogP) is 1.68. The molecule has 132 valence electrons. The van der Waals surface area contributed by atoms with E-state index in [0.717, 1.165) is 69.2 Å². The fourth-order valence-corrected chi connectivity index (χ4v) is 5.58. The van der Waals surface area contributed by atoms with Crippen molar-refractivity contribution in [1.82, 2.24) is 15.0 Å². The molecule has 3 fully saturated rings. The largest absolute Gasteiger partial charge is 0.367 e. The molecule has 4 heterocycles. The summed E-state index contributed by atoms with van der Waals surface area (Å²) in [5.74, 6) is 2.03. The van der Waals surface area contributed by atoms with Gasteiger partial charge in [-0.2, -0.15) is 0 Å². The number of thioether (sulfide) groups is 1. The Hall–Kier alpha value is -1.05. The van der Waals surface area contributed by atoms with E-state index in [1.54, 1.807) is 0 Å². The van der Waals surface area contributed by atoms with Crippen molar-refractivity contribution in [3.63, 3.8) is 0 Å². The summed E-state index contributed by atoms with van der Waals surface area (Å²) in [4.78, 5) is 16.4. The van der Waals surface area contributed by atoms with E-state index in [2.05, 4.69) is 10.1 Å². The molecule has 7 heteroatoms. The van der Waals surface area contributed by atoms with Gasteiger partial charge in [0.25, 0.3) is 0 Å². The highest BCUT2D eigenvalue weighted by Crippen LogP contribution is 2.46. The Balaban J connectivity index is 1.19. The van der Waals surface area contributed by atoms with Crippen LogP contribution in [0, 0.1) is 6.92 Å². The molecule has 0 aromatic carbocycles. The molecule has 3 saturated heterocycles. The second kappa shape index (κ2) is 6.69. The third-order valence-corrected chi connectivity index (χ3v) is 6.74.